The van der Waals surface area contributed by atoms with Crippen molar-refractivity contribution in [3.05, 3.63) is 70.7 Å². The molecule has 4 aliphatic rings. The number of hydrogen-bond donors (Lipinski definition) is 3. The number of nitrogens with one attached hydrogen (secondary N) is 2. The van der Waals surface area contributed by atoms with Crippen LogP contribution in [0.15, 0.2) is 47.1 Å². The zero-order chi connectivity index (χ0) is 34.9. The van der Waals surface area contributed by atoms with E-state index in [-0.39, 0.29) is 17.5 Å². The van der Waals surface area contributed by atoms with Crippen LogP contribution in [0.1, 0.15) is 102 Å². The van der Waals surface area contributed by atoms with Crippen molar-refractivity contribution in [3.63, 3.8) is 0 Å². The molecule has 1 saturated carbocycles. The van der Waals surface area contributed by atoms with E-state index in [1.807, 2.05) is 6.07 Å². The second-order valence-corrected chi connectivity index (χ2v) is 14.8. The summed E-state index contributed by atoms with van der Waals surface area (Å²) >= 11 is 0. The topological polar surface area (TPSA) is 160 Å². The average Bonchev–Trinajstić information content (AvgIpc) is 3.47. The van der Waals surface area contributed by atoms with E-state index in [0.29, 0.717) is 36.2 Å². The first-order valence-electron chi connectivity index (χ1n) is 18.6. The second kappa shape index (κ2) is 14.4. The molecule has 3 aliphatic heterocycles. The maximum Gasteiger partial charge on any atom is 0.271 e. The molecular weight excluding hydrogens is 644 g/mol. The van der Waals surface area contributed by atoms with Gasteiger partial charge in [-0.25, -0.2) is 9.97 Å². The van der Waals surface area contributed by atoms with Crippen molar-refractivity contribution < 1.29 is 18.9 Å². The van der Waals surface area contributed by atoms with E-state index in [1.165, 1.54) is 48.8 Å². The van der Waals surface area contributed by atoms with Crippen LogP contribution < -0.4 is 21.3 Å². The van der Waals surface area contributed by atoms with Crippen molar-refractivity contribution in [1.29, 1.82) is 0 Å². The normalized spacial score (nSPS) is 23.1. The number of anilines is 3. The number of benzene rings is 2. The minimum absolute atomic E-state index is 0.150. The fraction of sp³-hybridized carbons (Fsp3) is 0.487. The van der Waals surface area contributed by atoms with E-state index >= 15 is 0 Å². The van der Waals surface area contributed by atoms with Gasteiger partial charge in [0.15, 0.2) is 17.1 Å². The Hall–Kier alpha value is -4.84. The lowest BCUT2D eigenvalue weighted by Crippen LogP contribution is -2.39. The molecule has 1 atom stereocenters. The van der Waals surface area contributed by atoms with E-state index in [0.717, 1.165) is 80.9 Å². The smallest absolute Gasteiger partial charge is 0.271 e. The van der Waals surface area contributed by atoms with Crippen LogP contribution in [0, 0.1) is 5.92 Å². The molecule has 51 heavy (non-hydrogen) atoms. The van der Waals surface area contributed by atoms with E-state index in [1.54, 1.807) is 6.20 Å². The number of fused-ring (bicyclic) bond motifs is 3. The predicted octanol–water partition coefficient (Wildman–Crippen LogP) is 5.35. The third-order valence-electron chi connectivity index (χ3n) is 11.5. The van der Waals surface area contributed by atoms with Crippen molar-refractivity contribution in [2.45, 2.75) is 82.5 Å². The number of imide groups is 1. The Morgan fingerprint density at radius 2 is 1.71 bits per heavy atom. The van der Waals surface area contributed by atoms with Gasteiger partial charge in [-0.1, -0.05) is 23.4 Å². The monoisotopic (exact) mass is 690 g/mol. The lowest BCUT2D eigenvalue weighted by molar-refractivity contribution is -0.134. The van der Waals surface area contributed by atoms with Gasteiger partial charge in [0, 0.05) is 55.8 Å². The third-order valence-corrected chi connectivity index (χ3v) is 11.5. The summed E-state index contributed by atoms with van der Waals surface area (Å²) in [5, 5.41) is 11.0. The number of amides is 3. The van der Waals surface area contributed by atoms with Gasteiger partial charge in [0.05, 0.1) is 12.1 Å². The van der Waals surface area contributed by atoms with Crippen LogP contribution in [0.4, 0.5) is 17.3 Å². The Balaban J connectivity index is 0.856. The lowest BCUT2D eigenvalue weighted by atomic mass is 9.78. The predicted molar refractivity (Wildman–Crippen MR) is 194 cm³/mol. The fourth-order valence-corrected chi connectivity index (χ4v) is 8.62. The quantitative estimate of drug-likeness (QED) is 0.206. The Labute approximate surface area is 297 Å². The summed E-state index contributed by atoms with van der Waals surface area (Å²) in [6.45, 7) is 4.97. The molecule has 2 aromatic carbocycles. The molecule has 3 amide bonds. The second-order valence-electron chi connectivity index (χ2n) is 14.8. The SMILES string of the molecule is NC(=O)c1ncc(N2CCCCC2)nc1Nc1ccc(C2CCC(CN3CCc4ccc5c(C6CCC(=O)NC6=O)noc5c4CC3)CC2)cc1. The third kappa shape index (κ3) is 7.06. The summed E-state index contributed by atoms with van der Waals surface area (Å²) in [5.74, 6) is 0.818. The van der Waals surface area contributed by atoms with Crippen molar-refractivity contribution in [2.75, 3.05) is 42.9 Å². The van der Waals surface area contributed by atoms with Crippen LogP contribution >= 0.6 is 0 Å². The maximum atomic E-state index is 12.5. The largest absolute Gasteiger partial charge is 0.364 e. The molecule has 0 bridgehead atoms. The van der Waals surface area contributed by atoms with Gasteiger partial charge < -0.3 is 25.4 Å². The van der Waals surface area contributed by atoms with Gasteiger partial charge in [0.25, 0.3) is 5.91 Å². The maximum absolute atomic E-state index is 12.5. The molecular formula is C39H46N8O4. The van der Waals surface area contributed by atoms with Crippen molar-refractivity contribution >= 4 is 46.0 Å². The molecule has 2 saturated heterocycles. The highest BCUT2D eigenvalue weighted by Gasteiger charge is 2.33. The number of piperidine rings is 2. The molecule has 3 fully saturated rings. The van der Waals surface area contributed by atoms with Crippen LogP contribution in [0.3, 0.4) is 0 Å². The van der Waals surface area contributed by atoms with Gasteiger partial charge in [-0.3, -0.25) is 19.7 Å². The number of nitrogens with zero attached hydrogens (tertiary/aromatic N) is 5. The molecule has 2 aromatic heterocycles. The standard InChI is InChI=1S/C39H46N8O4/c40-37(49)35-38(43-32(22-41-35)47-18-2-1-3-19-47)42-28-11-8-26(9-12-28)25-6-4-24(5-7-25)23-46-20-16-27-10-13-30-34(31-14-15-33(48)44-39(31)50)45-51-36(30)29(27)17-21-46/h8-13,22,24-25,31H,1-7,14-21,23H2,(H2,40,49)(H,42,43)(H,44,48,50). The van der Waals surface area contributed by atoms with Crippen LogP contribution in [-0.4, -0.2) is 70.5 Å². The minimum atomic E-state index is -0.596. The van der Waals surface area contributed by atoms with Crippen LogP contribution in [0.5, 0.6) is 0 Å². The molecule has 8 rings (SSSR count). The van der Waals surface area contributed by atoms with E-state index in [4.69, 9.17) is 15.2 Å². The highest BCUT2D eigenvalue weighted by molar-refractivity contribution is 6.02. The first kappa shape index (κ1) is 33.3. The van der Waals surface area contributed by atoms with E-state index in [9.17, 15) is 14.4 Å². The van der Waals surface area contributed by atoms with Crippen LogP contribution in [-0.2, 0) is 22.4 Å². The number of carbonyl (C=O) groups is 3. The molecule has 266 valence electrons. The van der Waals surface area contributed by atoms with Crippen molar-refractivity contribution in [2.24, 2.45) is 11.7 Å². The fourth-order valence-electron chi connectivity index (χ4n) is 8.62. The highest BCUT2D eigenvalue weighted by atomic mass is 16.5. The zero-order valence-electron chi connectivity index (χ0n) is 29.0. The minimum Gasteiger partial charge on any atom is -0.364 e. The first-order chi connectivity index (χ1) is 24.9. The van der Waals surface area contributed by atoms with E-state index < -0.39 is 11.8 Å². The molecule has 5 heterocycles. The number of nitrogens with two attached hydrogens (primary N) is 1. The Bertz CT molecular complexity index is 1930. The summed E-state index contributed by atoms with van der Waals surface area (Å²) in [6, 6.07) is 12.7. The summed E-state index contributed by atoms with van der Waals surface area (Å²) in [6.07, 6.45) is 12.5. The Morgan fingerprint density at radius 1 is 0.922 bits per heavy atom. The van der Waals surface area contributed by atoms with Gasteiger partial charge in [-0.15, -0.1) is 0 Å². The molecule has 1 unspecified atom stereocenters. The molecule has 12 nitrogen and oxygen atoms in total. The summed E-state index contributed by atoms with van der Waals surface area (Å²) in [7, 11) is 0. The average molecular weight is 691 g/mol. The van der Waals surface area contributed by atoms with Crippen LogP contribution in [0.25, 0.3) is 11.0 Å². The molecule has 12 heteroatoms. The molecule has 0 radical (unpaired) electrons. The zero-order valence-corrected chi connectivity index (χ0v) is 29.0. The van der Waals surface area contributed by atoms with Gasteiger partial charge in [0.1, 0.15) is 11.5 Å². The van der Waals surface area contributed by atoms with Gasteiger partial charge in [0.2, 0.25) is 11.8 Å². The number of carbonyl (C=O) groups excluding carboxylic acids is 3. The lowest BCUT2D eigenvalue weighted by Gasteiger charge is -2.32. The Kier molecular flexibility index (Phi) is 9.42. The van der Waals surface area contributed by atoms with Crippen LogP contribution in [0.2, 0.25) is 0 Å². The van der Waals surface area contributed by atoms with Gasteiger partial charge in [-0.05, 0) is 105 Å². The molecule has 1 aliphatic carbocycles. The molecule has 0 spiro atoms. The number of primary amides is 1. The first-order valence-corrected chi connectivity index (χ1v) is 18.6. The highest BCUT2D eigenvalue weighted by Crippen LogP contribution is 2.38. The molecule has 4 N–H and O–H groups in total. The molecule has 4 aromatic rings. The Morgan fingerprint density at radius 3 is 2.47 bits per heavy atom. The summed E-state index contributed by atoms with van der Waals surface area (Å²) in [4.78, 5) is 50.3. The van der Waals surface area contributed by atoms with Gasteiger partial charge in [-0.2, -0.15) is 0 Å². The number of aromatic nitrogens is 3. The summed E-state index contributed by atoms with van der Waals surface area (Å²) in [5.41, 5.74) is 11.9. The van der Waals surface area contributed by atoms with Gasteiger partial charge >= 0.3 is 0 Å². The summed E-state index contributed by atoms with van der Waals surface area (Å²) < 4.78 is 5.89. The van der Waals surface area contributed by atoms with E-state index in [2.05, 4.69) is 60.9 Å². The number of hydrogen-bond acceptors (Lipinski definition) is 10. The van der Waals surface area contributed by atoms with Crippen molar-refractivity contribution in [1.82, 2.24) is 25.3 Å². The number of rotatable bonds is 8. The van der Waals surface area contributed by atoms with Crippen molar-refractivity contribution in [3.8, 4) is 0 Å².